The Labute approximate surface area is 136 Å². The van der Waals surface area contributed by atoms with E-state index in [1.807, 2.05) is 0 Å². The van der Waals surface area contributed by atoms with Gasteiger partial charge in [-0.15, -0.1) is 0 Å². The van der Waals surface area contributed by atoms with Crippen LogP contribution in [0.5, 0.6) is 0 Å². The monoisotopic (exact) mass is 350 g/mol. The Morgan fingerprint density at radius 3 is 1.52 bits per heavy atom. The highest BCUT2D eigenvalue weighted by atomic mass is 32.3. The van der Waals surface area contributed by atoms with Crippen molar-refractivity contribution in [2.24, 2.45) is 0 Å². The van der Waals surface area contributed by atoms with Crippen LogP contribution in [0.4, 0.5) is 0 Å². The zero-order chi connectivity index (χ0) is 17.9. The van der Waals surface area contributed by atoms with Crippen LogP contribution in [0.15, 0.2) is 24.3 Å². The molecular weight excluding hydrogens is 328 g/mol. The van der Waals surface area contributed by atoms with Gasteiger partial charge in [0, 0.05) is 12.2 Å². The molecule has 0 amide bonds. The quantitative estimate of drug-likeness (QED) is 0.428. The van der Waals surface area contributed by atoms with E-state index in [9.17, 15) is 18.0 Å². The van der Waals surface area contributed by atoms with E-state index in [2.05, 4.69) is 8.37 Å². The first kappa shape index (κ1) is 21.3. The van der Waals surface area contributed by atoms with Gasteiger partial charge in [0.05, 0.1) is 0 Å². The highest BCUT2D eigenvalue weighted by Crippen LogP contribution is 2.07. The lowest BCUT2D eigenvalue weighted by Gasteiger charge is -2.15. The SMILES string of the molecule is CC=CC(=O)OCC(C)OS(=O)(=O)OC(C)COC(=O)C=CC. The molecule has 0 aromatic carbocycles. The number of ether oxygens (including phenoxy) is 2. The first-order valence-electron chi connectivity index (χ1n) is 6.90. The maximum Gasteiger partial charge on any atom is 0.400 e. The second kappa shape index (κ2) is 10.9. The van der Waals surface area contributed by atoms with Gasteiger partial charge >= 0.3 is 22.3 Å². The Morgan fingerprint density at radius 1 is 0.870 bits per heavy atom. The van der Waals surface area contributed by atoms with E-state index in [4.69, 9.17) is 9.47 Å². The maximum absolute atomic E-state index is 11.6. The van der Waals surface area contributed by atoms with Crippen molar-refractivity contribution >= 4 is 22.3 Å². The molecule has 9 heteroatoms. The van der Waals surface area contributed by atoms with Crippen LogP contribution in [0.2, 0.25) is 0 Å². The lowest BCUT2D eigenvalue weighted by Crippen LogP contribution is -2.28. The molecule has 23 heavy (non-hydrogen) atoms. The Balaban J connectivity index is 4.25. The molecule has 0 aromatic heterocycles. The summed E-state index contributed by atoms with van der Waals surface area (Å²) < 4.78 is 42.2. The van der Waals surface area contributed by atoms with Crippen LogP contribution < -0.4 is 0 Å². The molecule has 0 bridgehead atoms. The molecule has 0 saturated carbocycles. The minimum Gasteiger partial charge on any atom is -0.460 e. The van der Waals surface area contributed by atoms with Crippen molar-refractivity contribution in [1.82, 2.24) is 0 Å². The molecule has 2 atom stereocenters. The Bertz CT molecular complexity index is 493. The maximum atomic E-state index is 11.6. The molecule has 8 nitrogen and oxygen atoms in total. The van der Waals surface area contributed by atoms with Gasteiger partial charge in [-0.1, -0.05) is 12.2 Å². The van der Waals surface area contributed by atoms with E-state index in [0.717, 1.165) is 0 Å². The summed E-state index contributed by atoms with van der Waals surface area (Å²) in [6.45, 7) is 5.59. The number of hydrogen-bond acceptors (Lipinski definition) is 8. The van der Waals surface area contributed by atoms with Crippen LogP contribution in [0.1, 0.15) is 27.7 Å². The second-order valence-electron chi connectivity index (χ2n) is 4.48. The average Bonchev–Trinajstić information content (AvgIpc) is 2.42. The number of carbonyl (C=O) groups excluding carboxylic acids is 2. The third kappa shape index (κ3) is 11.5. The summed E-state index contributed by atoms with van der Waals surface area (Å²) in [4.78, 5) is 22.2. The van der Waals surface area contributed by atoms with Gasteiger partial charge in [-0.3, -0.25) is 0 Å². The lowest BCUT2D eigenvalue weighted by molar-refractivity contribution is -0.140. The van der Waals surface area contributed by atoms with Crippen molar-refractivity contribution < 1.29 is 35.8 Å². The molecule has 0 fully saturated rings. The molecule has 0 heterocycles. The fourth-order valence-corrected chi connectivity index (χ4v) is 2.21. The average molecular weight is 350 g/mol. The predicted octanol–water partition coefficient (Wildman–Crippen LogP) is 1.28. The van der Waals surface area contributed by atoms with Crippen molar-refractivity contribution in [3.05, 3.63) is 24.3 Å². The number of rotatable bonds is 10. The zero-order valence-corrected chi connectivity index (χ0v) is 14.4. The minimum atomic E-state index is -4.32. The molecule has 0 aliphatic heterocycles. The van der Waals surface area contributed by atoms with Gasteiger partial charge in [0.15, 0.2) is 0 Å². The van der Waals surface area contributed by atoms with E-state index in [0.29, 0.717) is 0 Å². The van der Waals surface area contributed by atoms with Gasteiger partial charge in [0.2, 0.25) is 0 Å². The molecule has 0 N–H and O–H groups in total. The number of esters is 2. The molecule has 2 unspecified atom stereocenters. The van der Waals surface area contributed by atoms with Gasteiger partial charge in [-0.2, -0.15) is 8.42 Å². The molecule has 0 radical (unpaired) electrons. The molecule has 0 rings (SSSR count). The van der Waals surface area contributed by atoms with E-state index >= 15 is 0 Å². The Hall–Kier alpha value is -1.71. The van der Waals surface area contributed by atoms with Crippen molar-refractivity contribution in [3.63, 3.8) is 0 Å². The summed E-state index contributed by atoms with van der Waals surface area (Å²) in [5, 5.41) is 0. The summed E-state index contributed by atoms with van der Waals surface area (Å²) in [7, 11) is -4.32. The van der Waals surface area contributed by atoms with Crippen LogP contribution in [-0.4, -0.2) is 45.8 Å². The fourth-order valence-electron chi connectivity index (χ4n) is 1.25. The summed E-state index contributed by atoms with van der Waals surface area (Å²) >= 11 is 0. The van der Waals surface area contributed by atoms with Crippen LogP contribution in [0, 0.1) is 0 Å². The predicted molar refractivity (Wildman–Crippen MR) is 81.6 cm³/mol. The minimum absolute atomic E-state index is 0.254. The van der Waals surface area contributed by atoms with Crippen molar-refractivity contribution in [2.75, 3.05) is 13.2 Å². The zero-order valence-electron chi connectivity index (χ0n) is 13.6. The topological polar surface area (TPSA) is 105 Å². The molecule has 0 aromatic rings. The third-order valence-electron chi connectivity index (χ3n) is 2.09. The van der Waals surface area contributed by atoms with Crippen LogP contribution in [-0.2, 0) is 37.8 Å². The molecule has 0 aliphatic rings. The molecule has 132 valence electrons. The van der Waals surface area contributed by atoms with Crippen LogP contribution in [0.3, 0.4) is 0 Å². The lowest BCUT2D eigenvalue weighted by atomic mass is 10.4. The first-order chi connectivity index (χ1) is 10.7. The van der Waals surface area contributed by atoms with Crippen molar-refractivity contribution in [1.29, 1.82) is 0 Å². The van der Waals surface area contributed by atoms with Crippen LogP contribution >= 0.6 is 0 Å². The van der Waals surface area contributed by atoms with Gasteiger partial charge in [0.25, 0.3) is 0 Å². The highest BCUT2D eigenvalue weighted by molar-refractivity contribution is 7.81. The molecule has 0 saturated heterocycles. The number of hydrogen-bond donors (Lipinski definition) is 0. The van der Waals surface area contributed by atoms with E-state index in [1.54, 1.807) is 13.8 Å². The van der Waals surface area contributed by atoms with Gasteiger partial charge in [-0.05, 0) is 27.7 Å². The summed E-state index contributed by atoms with van der Waals surface area (Å²) in [5.41, 5.74) is 0. The summed E-state index contributed by atoms with van der Waals surface area (Å²) in [6, 6.07) is 0. The standard InChI is InChI=1S/C14H22O8S/c1-5-7-13(15)19-9-11(3)21-23(17,18)22-12(4)10-20-14(16)8-6-2/h5-8,11-12H,9-10H2,1-4H3. The summed E-state index contributed by atoms with van der Waals surface area (Å²) in [5.74, 6) is -1.21. The molecular formula is C14H22O8S. The largest absolute Gasteiger partial charge is 0.460 e. The third-order valence-corrected chi connectivity index (χ3v) is 3.22. The normalized spacial score (nSPS) is 14.8. The molecule has 0 aliphatic carbocycles. The Kier molecular flexibility index (Phi) is 10.1. The van der Waals surface area contributed by atoms with Gasteiger partial charge in [0.1, 0.15) is 25.4 Å². The first-order valence-corrected chi connectivity index (χ1v) is 8.24. The number of carbonyl (C=O) groups is 2. The second-order valence-corrected chi connectivity index (χ2v) is 5.68. The van der Waals surface area contributed by atoms with E-state index < -0.39 is 34.5 Å². The highest BCUT2D eigenvalue weighted by Gasteiger charge is 2.22. The van der Waals surface area contributed by atoms with Crippen molar-refractivity contribution in [3.8, 4) is 0 Å². The fraction of sp³-hybridized carbons (Fsp3) is 0.571. The van der Waals surface area contributed by atoms with E-state index in [-0.39, 0.29) is 13.2 Å². The van der Waals surface area contributed by atoms with Crippen molar-refractivity contribution in [2.45, 2.75) is 39.9 Å². The molecule has 0 spiro atoms. The van der Waals surface area contributed by atoms with E-state index in [1.165, 1.54) is 38.2 Å². The Morgan fingerprint density at radius 2 is 1.22 bits per heavy atom. The van der Waals surface area contributed by atoms with Crippen LogP contribution in [0.25, 0.3) is 0 Å². The number of allylic oxidation sites excluding steroid dienone is 2. The van der Waals surface area contributed by atoms with Gasteiger partial charge < -0.3 is 9.47 Å². The smallest absolute Gasteiger partial charge is 0.400 e. The van der Waals surface area contributed by atoms with Gasteiger partial charge in [-0.25, -0.2) is 18.0 Å². The summed E-state index contributed by atoms with van der Waals surface area (Å²) in [6.07, 6.45) is 3.52.